The lowest BCUT2D eigenvalue weighted by molar-refractivity contribution is -0.160. The van der Waals surface area contributed by atoms with E-state index in [4.69, 9.17) is 14.2 Å². The Morgan fingerprint density at radius 1 is 0.947 bits per heavy atom. The molecule has 0 N–H and O–H groups in total. The molecule has 1 unspecified atom stereocenters. The Balaban J connectivity index is 1.54. The summed E-state index contributed by atoms with van der Waals surface area (Å²) in [5.74, 6) is 0.0432. The fourth-order valence-corrected chi connectivity index (χ4v) is 4.74. The highest BCUT2D eigenvalue weighted by atomic mass is 16.6. The summed E-state index contributed by atoms with van der Waals surface area (Å²) in [6.07, 6.45) is 1.28. The van der Waals surface area contributed by atoms with Gasteiger partial charge >= 0.3 is 12.1 Å². The largest absolute Gasteiger partial charge is 0.489 e. The number of likely N-dealkylation sites (N-methyl/N-ethyl adjacent to an activating group) is 1. The van der Waals surface area contributed by atoms with Crippen molar-refractivity contribution in [2.75, 3.05) is 20.3 Å². The predicted molar refractivity (Wildman–Crippen MR) is 148 cm³/mol. The molecule has 3 aromatic rings. The van der Waals surface area contributed by atoms with Crippen molar-refractivity contribution in [2.24, 2.45) is 0 Å². The van der Waals surface area contributed by atoms with Gasteiger partial charge in [0.2, 0.25) is 0 Å². The summed E-state index contributed by atoms with van der Waals surface area (Å²) in [6.45, 7) is 9.60. The molecule has 0 aromatic heterocycles. The van der Waals surface area contributed by atoms with Gasteiger partial charge in [-0.3, -0.25) is 4.90 Å². The van der Waals surface area contributed by atoms with Gasteiger partial charge in [0.05, 0.1) is 0 Å². The molecule has 0 radical (unpaired) electrons. The molecule has 0 heterocycles. The second kappa shape index (κ2) is 11.5. The summed E-state index contributed by atoms with van der Waals surface area (Å²) >= 11 is 0. The number of para-hydroxylation sites is 1. The highest BCUT2D eigenvalue weighted by molar-refractivity contribution is 5.82. The number of hydrogen-bond acceptors (Lipinski definition) is 5. The Labute approximate surface area is 224 Å². The number of fused-ring (bicyclic) bond motifs is 3. The Bertz CT molecular complexity index is 1260. The maximum absolute atomic E-state index is 13.3. The molecule has 1 aliphatic carbocycles. The van der Waals surface area contributed by atoms with E-state index in [-0.39, 0.29) is 18.9 Å². The number of carbonyl (C=O) groups is 2. The molecule has 0 saturated carbocycles. The summed E-state index contributed by atoms with van der Waals surface area (Å²) < 4.78 is 17.3. The topological polar surface area (TPSA) is 65.1 Å². The van der Waals surface area contributed by atoms with E-state index in [9.17, 15) is 9.59 Å². The Morgan fingerprint density at radius 2 is 1.53 bits per heavy atom. The van der Waals surface area contributed by atoms with Crippen LogP contribution >= 0.6 is 0 Å². The van der Waals surface area contributed by atoms with Crippen molar-refractivity contribution in [3.05, 3.63) is 102 Å². The van der Waals surface area contributed by atoms with Crippen LogP contribution in [-0.2, 0) is 20.7 Å². The number of amides is 1. The molecule has 0 bridgehead atoms. The summed E-state index contributed by atoms with van der Waals surface area (Å²) in [6, 6.07) is 22.9. The van der Waals surface area contributed by atoms with Gasteiger partial charge in [-0.15, -0.1) is 0 Å². The fourth-order valence-electron chi connectivity index (χ4n) is 4.74. The van der Waals surface area contributed by atoms with Crippen LogP contribution in [0.25, 0.3) is 11.1 Å². The van der Waals surface area contributed by atoms with E-state index in [1.165, 1.54) is 4.90 Å². The second-order valence-electron chi connectivity index (χ2n) is 10.4. The zero-order valence-electron chi connectivity index (χ0n) is 22.5. The van der Waals surface area contributed by atoms with Crippen molar-refractivity contribution in [1.82, 2.24) is 4.90 Å². The number of carbonyl (C=O) groups excluding carboxylic acids is 2. The third-order valence-corrected chi connectivity index (χ3v) is 6.51. The zero-order chi connectivity index (χ0) is 27.3. The molecule has 4 rings (SSSR count). The first-order valence-corrected chi connectivity index (χ1v) is 12.8. The molecular formula is C32H35NO5. The van der Waals surface area contributed by atoms with E-state index in [2.05, 4.69) is 30.8 Å². The summed E-state index contributed by atoms with van der Waals surface area (Å²) in [7, 11) is 1.57. The van der Waals surface area contributed by atoms with Crippen LogP contribution in [0.1, 0.15) is 43.4 Å². The van der Waals surface area contributed by atoms with Crippen molar-refractivity contribution < 1.29 is 23.8 Å². The number of nitrogens with zero attached hydrogens (tertiary/aromatic N) is 1. The number of esters is 1. The van der Waals surface area contributed by atoms with Crippen LogP contribution in [0.4, 0.5) is 4.79 Å². The van der Waals surface area contributed by atoms with Crippen molar-refractivity contribution in [3.63, 3.8) is 0 Å². The lowest BCUT2D eigenvalue weighted by atomic mass is 9.98. The summed E-state index contributed by atoms with van der Waals surface area (Å²) in [4.78, 5) is 28.0. The highest BCUT2D eigenvalue weighted by Crippen LogP contribution is 2.44. The van der Waals surface area contributed by atoms with Crippen LogP contribution in [0.2, 0.25) is 0 Å². The van der Waals surface area contributed by atoms with Gasteiger partial charge in [-0.25, -0.2) is 9.59 Å². The lowest BCUT2D eigenvalue weighted by Gasteiger charge is -2.30. The Kier molecular flexibility index (Phi) is 8.20. The number of hydrogen-bond donors (Lipinski definition) is 0. The molecule has 1 amide bonds. The summed E-state index contributed by atoms with van der Waals surface area (Å²) in [5.41, 5.74) is 4.63. The highest BCUT2D eigenvalue weighted by Gasteiger charge is 2.34. The maximum atomic E-state index is 13.3. The molecular weight excluding hydrogens is 478 g/mol. The van der Waals surface area contributed by atoms with Gasteiger partial charge in [0.1, 0.15) is 30.6 Å². The van der Waals surface area contributed by atoms with Crippen LogP contribution in [-0.4, -0.2) is 48.9 Å². The molecule has 6 heteroatoms. The van der Waals surface area contributed by atoms with E-state index in [1.807, 2.05) is 48.5 Å². The molecule has 0 saturated heterocycles. The number of rotatable bonds is 9. The number of benzene rings is 3. The lowest BCUT2D eigenvalue weighted by Crippen LogP contribution is -2.47. The van der Waals surface area contributed by atoms with Crippen molar-refractivity contribution >= 4 is 12.1 Å². The van der Waals surface area contributed by atoms with Crippen LogP contribution in [0, 0.1) is 0 Å². The van der Waals surface area contributed by atoms with Crippen LogP contribution < -0.4 is 4.74 Å². The molecule has 198 valence electrons. The molecule has 38 heavy (non-hydrogen) atoms. The first-order chi connectivity index (χ1) is 18.2. The summed E-state index contributed by atoms with van der Waals surface area (Å²) in [5, 5.41) is 0. The van der Waals surface area contributed by atoms with E-state index < -0.39 is 23.7 Å². The minimum atomic E-state index is -0.904. The van der Waals surface area contributed by atoms with Gasteiger partial charge in [0, 0.05) is 19.4 Å². The molecule has 0 spiro atoms. The standard InChI is InChI=1S/C32H35NO5/c1-6-19-36-29-18-12-7-13-22(29)20-28(30(34)38-32(2,3)4)33(5)31(35)37-21-27-25-16-10-8-14-23(25)24-15-9-11-17-26(24)27/h6-18,27-28H,1,19-21H2,2-5H3. The van der Waals surface area contributed by atoms with Gasteiger partial charge in [-0.05, 0) is 54.7 Å². The second-order valence-corrected chi connectivity index (χ2v) is 10.4. The molecule has 1 atom stereocenters. The first kappa shape index (κ1) is 27.0. The van der Waals surface area contributed by atoms with Crippen LogP contribution in [0.3, 0.4) is 0 Å². The minimum Gasteiger partial charge on any atom is -0.489 e. The van der Waals surface area contributed by atoms with Gasteiger partial charge < -0.3 is 14.2 Å². The van der Waals surface area contributed by atoms with E-state index in [0.717, 1.165) is 27.8 Å². The van der Waals surface area contributed by atoms with Gasteiger partial charge in [0.25, 0.3) is 0 Å². The predicted octanol–water partition coefficient (Wildman–Crippen LogP) is 6.39. The van der Waals surface area contributed by atoms with E-state index in [0.29, 0.717) is 12.4 Å². The maximum Gasteiger partial charge on any atom is 0.410 e. The molecule has 6 nitrogen and oxygen atoms in total. The normalized spacial score (nSPS) is 13.2. The van der Waals surface area contributed by atoms with Crippen LogP contribution in [0.5, 0.6) is 5.75 Å². The Hall–Kier alpha value is -4.06. The van der Waals surface area contributed by atoms with Gasteiger partial charge in [-0.2, -0.15) is 0 Å². The minimum absolute atomic E-state index is 0.0762. The molecule has 1 aliphatic rings. The average molecular weight is 514 g/mol. The van der Waals surface area contributed by atoms with Gasteiger partial charge in [0.15, 0.2) is 0 Å². The SMILES string of the molecule is C=CCOc1ccccc1CC(C(=O)OC(C)(C)C)N(C)C(=O)OCC1c2ccccc2-c2ccccc21. The Morgan fingerprint density at radius 3 is 2.13 bits per heavy atom. The smallest absolute Gasteiger partial charge is 0.410 e. The van der Waals surface area contributed by atoms with Crippen molar-refractivity contribution in [3.8, 4) is 16.9 Å². The first-order valence-electron chi connectivity index (χ1n) is 12.8. The van der Waals surface area contributed by atoms with Crippen molar-refractivity contribution in [2.45, 2.75) is 44.8 Å². The third-order valence-electron chi connectivity index (χ3n) is 6.51. The zero-order valence-corrected chi connectivity index (χ0v) is 22.5. The average Bonchev–Trinajstić information content (AvgIpc) is 3.22. The van der Waals surface area contributed by atoms with Crippen molar-refractivity contribution in [1.29, 1.82) is 0 Å². The van der Waals surface area contributed by atoms with E-state index >= 15 is 0 Å². The molecule has 3 aromatic carbocycles. The third kappa shape index (κ3) is 6.08. The quantitative estimate of drug-likeness (QED) is 0.245. The van der Waals surface area contributed by atoms with Gasteiger partial charge in [-0.1, -0.05) is 79.4 Å². The molecule has 0 fully saturated rings. The van der Waals surface area contributed by atoms with E-state index in [1.54, 1.807) is 33.9 Å². The number of ether oxygens (including phenoxy) is 3. The fraction of sp³-hybridized carbons (Fsp3) is 0.312. The molecule has 0 aliphatic heterocycles. The monoisotopic (exact) mass is 513 g/mol. The van der Waals surface area contributed by atoms with Crippen LogP contribution in [0.15, 0.2) is 85.5 Å².